The van der Waals surface area contributed by atoms with Crippen LogP contribution in [0.5, 0.6) is 5.75 Å². The quantitative estimate of drug-likeness (QED) is 0.620. The van der Waals surface area contributed by atoms with Crippen LogP contribution in [0.4, 0.5) is 5.69 Å². The molecular formula is C15H23NO2S. The van der Waals surface area contributed by atoms with Gasteiger partial charge in [-0.25, -0.2) is 0 Å². The Balaban J connectivity index is 1.83. The number of aliphatic hydroxyl groups is 1. The van der Waals surface area contributed by atoms with Crippen LogP contribution in [-0.4, -0.2) is 24.1 Å². The topological polar surface area (TPSA) is 55.5 Å². The van der Waals surface area contributed by atoms with Crippen LogP contribution in [0, 0.1) is 5.92 Å². The van der Waals surface area contributed by atoms with Gasteiger partial charge in [0.2, 0.25) is 0 Å². The van der Waals surface area contributed by atoms with Gasteiger partial charge in [-0.2, -0.15) is 0 Å². The zero-order valence-electron chi connectivity index (χ0n) is 11.5. The summed E-state index contributed by atoms with van der Waals surface area (Å²) in [5.74, 6) is 2.23. The summed E-state index contributed by atoms with van der Waals surface area (Å²) in [5.41, 5.74) is 6.68. The molecule has 1 aromatic rings. The molecule has 2 rings (SSSR count). The lowest BCUT2D eigenvalue weighted by Crippen LogP contribution is -2.14. The predicted molar refractivity (Wildman–Crippen MR) is 80.7 cm³/mol. The average molecular weight is 281 g/mol. The van der Waals surface area contributed by atoms with Crippen LogP contribution in [0.3, 0.4) is 0 Å². The highest BCUT2D eigenvalue weighted by Gasteiger charge is 2.19. The highest BCUT2D eigenvalue weighted by Crippen LogP contribution is 2.32. The summed E-state index contributed by atoms with van der Waals surface area (Å²) < 4.78 is 5.19. The summed E-state index contributed by atoms with van der Waals surface area (Å²) >= 11 is 1.61. The maximum Gasteiger partial charge on any atom is 0.120 e. The fourth-order valence-corrected chi connectivity index (χ4v) is 3.59. The van der Waals surface area contributed by atoms with Crippen molar-refractivity contribution >= 4 is 17.4 Å². The van der Waals surface area contributed by atoms with Crippen molar-refractivity contribution in [3.63, 3.8) is 0 Å². The van der Waals surface area contributed by atoms with Crippen LogP contribution in [0.15, 0.2) is 23.1 Å². The Morgan fingerprint density at radius 1 is 1.42 bits per heavy atom. The van der Waals surface area contributed by atoms with Crippen molar-refractivity contribution in [2.75, 3.05) is 18.6 Å². The first-order valence-corrected chi connectivity index (χ1v) is 7.92. The van der Waals surface area contributed by atoms with E-state index in [1.807, 2.05) is 18.2 Å². The highest BCUT2D eigenvalue weighted by atomic mass is 32.2. The van der Waals surface area contributed by atoms with Crippen molar-refractivity contribution in [3.8, 4) is 5.75 Å². The first-order chi connectivity index (χ1) is 9.19. The molecule has 1 aromatic carbocycles. The van der Waals surface area contributed by atoms with E-state index < -0.39 is 0 Å². The number of hydrogen-bond acceptors (Lipinski definition) is 4. The molecule has 1 atom stereocenters. The molecule has 0 bridgehead atoms. The third kappa shape index (κ3) is 4.32. The third-order valence-electron chi connectivity index (χ3n) is 3.73. The van der Waals surface area contributed by atoms with E-state index in [1.165, 1.54) is 25.7 Å². The van der Waals surface area contributed by atoms with Crippen LogP contribution in [0.25, 0.3) is 0 Å². The normalized spacial score (nSPS) is 17.6. The van der Waals surface area contributed by atoms with E-state index in [4.69, 9.17) is 10.5 Å². The number of aliphatic hydroxyl groups excluding tert-OH is 1. The molecule has 1 aliphatic carbocycles. The molecule has 0 radical (unpaired) electrons. The van der Waals surface area contributed by atoms with E-state index in [0.29, 0.717) is 5.75 Å². The minimum absolute atomic E-state index is 0.237. The molecule has 0 amide bonds. The molecular weight excluding hydrogens is 258 g/mol. The summed E-state index contributed by atoms with van der Waals surface area (Å²) in [7, 11) is 1.65. The maximum absolute atomic E-state index is 10.1. The lowest BCUT2D eigenvalue weighted by atomic mass is 10.0. The number of anilines is 1. The standard InChI is InChI=1S/C15H23NO2S/c1-18-13-6-7-14(16)15(9-13)19-10-12(17)8-11-4-2-3-5-11/h6-7,9,11-12,17H,2-5,8,10,16H2,1H3. The molecule has 0 saturated heterocycles. The van der Waals surface area contributed by atoms with Crippen molar-refractivity contribution in [1.29, 1.82) is 0 Å². The Morgan fingerprint density at radius 2 is 2.16 bits per heavy atom. The Bertz CT molecular complexity index is 405. The van der Waals surface area contributed by atoms with Crippen molar-refractivity contribution in [2.45, 2.75) is 43.1 Å². The summed E-state index contributed by atoms with van der Waals surface area (Å²) in [6, 6.07) is 5.64. The smallest absolute Gasteiger partial charge is 0.120 e. The molecule has 0 aromatic heterocycles. The second-order valence-corrected chi connectivity index (χ2v) is 6.32. The molecule has 19 heavy (non-hydrogen) atoms. The largest absolute Gasteiger partial charge is 0.497 e. The van der Waals surface area contributed by atoms with Crippen LogP contribution in [0.2, 0.25) is 0 Å². The molecule has 106 valence electrons. The maximum atomic E-state index is 10.1. The molecule has 0 aliphatic heterocycles. The fourth-order valence-electron chi connectivity index (χ4n) is 2.65. The Kier molecular flexibility index (Phi) is 5.40. The molecule has 1 aliphatic rings. The third-order valence-corrected chi connectivity index (χ3v) is 4.95. The zero-order chi connectivity index (χ0) is 13.7. The number of methoxy groups -OCH3 is 1. The second-order valence-electron chi connectivity index (χ2n) is 5.25. The van der Waals surface area contributed by atoms with Gasteiger partial charge in [0, 0.05) is 16.3 Å². The van der Waals surface area contributed by atoms with E-state index in [9.17, 15) is 5.11 Å². The van der Waals surface area contributed by atoms with E-state index >= 15 is 0 Å². The average Bonchev–Trinajstić information content (AvgIpc) is 2.90. The zero-order valence-corrected chi connectivity index (χ0v) is 12.3. The van der Waals surface area contributed by atoms with Gasteiger partial charge in [-0.3, -0.25) is 0 Å². The Morgan fingerprint density at radius 3 is 2.84 bits per heavy atom. The van der Waals surface area contributed by atoms with Gasteiger partial charge in [0.15, 0.2) is 0 Å². The van der Waals surface area contributed by atoms with Crippen LogP contribution in [0.1, 0.15) is 32.1 Å². The monoisotopic (exact) mass is 281 g/mol. The molecule has 1 unspecified atom stereocenters. The number of thioether (sulfide) groups is 1. The molecule has 0 spiro atoms. The van der Waals surface area contributed by atoms with Gasteiger partial charge in [0.1, 0.15) is 5.75 Å². The number of hydrogen-bond donors (Lipinski definition) is 2. The number of ether oxygens (including phenoxy) is 1. The lowest BCUT2D eigenvalue weighted by Gasteiger charge is -2.15. The molecule has 1 fully saturated rings. The number of rotatable bonds is 6. The summed E-state index contributed by atoms with van der Waals surface area (Å²) in [6.07, 6.45) is 5.91. The summed E-state index contributed by atoms with van der Waals surface area (Å²) in [5, 5.41) is 10.1. The lowest BCUT2D eigenvalue weighted by molar-refractivity contribution is 0.166. The van der Waals surface area contributed by atoms with Gasteiger partial charge in [-0.15, -0.1) is 11.8 Å². The highest BCUT2D eigenvalue weighted by molar-refractivity contribution is 7.99. The summed E-state index contributed by atoms with van der Waals surface area (Å²) in [6.45, 7) is 0. The molecule has 0 heterocycles. The second kappa shape index (κ2) is 7.06. The van der Waals surface area contributed by atoms with E-state index in [2.05, 4.69) is 0 Å². The van der Waals surface area contributed by atoms with Gasteiger partial charge in [-0.1, -0.05) is 25.7 Å². The van der Waals surface area contributed by atoms with Gasteiger partial charge < -0.3 is 15.6 Å². The molecule has 3 N–H and O–H groups in total. The Hall–Kier alpha value is -0.870. The van der Waals surface area contributed by atoms with Gasteiger partial charge >= 0.3 is 0 Å². The van der Waals surface area contributed by atoms with Crippen LogP contribution >= 0.6 is 11.8 Å². The minimum Gasteiger partial charge on any atom is -0.497 e. The van der Waals surface area contributed by atoms with Gasteiger partial charge in [0.05, 0.1) is 13.2 Å². The minimum atomic E-state index is -0.237. The van der Waals surface area contributed by atoms with E-state index in [0.717, 1.165) is 28.7 Å². The van der Waals surface area contributed by atoms with Gasteiger partial charge in [-0.05, 0) is 30.5 Å². The van der Waals surface area contributed by atoms with Crippen molar-refractivity contribution in [1.82, 2.24) is 0 Å². The molecule has 3 nitrogen and oxygen atoms in total. The fraction of sp³-hybridized carbons (Fsp3) is 0.600. The van der Waals surface area contributed by atoms with Gasteiger partial charge in [0.25, 0.3) is 0 Å². The van der Waals surface area contributed by atoms with Crippen molar-refractivity contribution in [3.05, 3.63) is 18.2 Å². The number of nitrogen functional groups attached to an aromatic ring is 1. The SMILES string of the molecule is COc1ccc(N)c(SCC(O)CC2CCCC2)c1. The summed E-state index contributed by atoms with van der Waals surface area (Å²) in [4.78, 5) is 0.991. The number of nitrogens with two attached hydrogens (primary N) is 1. The molecule has 1 saturated carbocycles. The van der Waals surface area contributed by atoms with Crippen LogP contribution < -0.4 is 10.5 Å². The van der Waals surface area contributed by atoms with Crippen LogP contribution in [-0.2, 0) is 0 Å². The Labute approximate surface area is 119 Å². The predicted octanol–water partition coefficient (Wildman–Crippen LogP) is 3.31. The van der Waals surface area contributed by atoms with E-state index in [1.54, 1.807) is 18.9 Å². The first-order valence-electron chi connectivity index (χ1n) is 6.93. The molecule has 4 heteroatoms. The first kappa shape index (κ1) is 14.5. The van der Waals surface area contributed by atoms with Crippen molar-refractivity contribution in [2.24, 2.45) is 5.92 Å². The van der Waals surface area contributed by atoms with E-state index in [-0.39, 0.29) is 6.10 Å². The van der Waals surface area contributed by atoms with Crippen molar-refractivity contribution < 1.29 is 9.84 Å². The number of benzene rings is 1.